The van der Waals surface area contributed by atoms with E-state index in [-0.39, 0.29) is 12.7 Å². The van der Waals surface area contributed by atoms with Crippen molar-refractivity contribution in [2.75, 3.05) is 13.7 Å². The minimum atomic E-state index is -1.04. The number of nitrogens with one attached hydrogen (secondary N) is 1. The summed E-state index contributed by atoms with van der Waals surface area (Å²) in [6.07, 6.45) is 3.14. The third-order valence-corrected chi connectivity index (χ3v) is 3.91. The number of aliphatic carboxylic acids is 1. The Balaban J connectivity index is 2.07. The number of ether oxygens (including phenoxy) is 1. The van der Waals surface area contributed by atoms with Crippen LogP contribution in [0.4, 0.5) is 0 Å². The van der Waals surface area contributed by atoms with Gasteiger partial charge in [-0.05, 0) is 44.4 Å². The highest BCUT2D eigenvalue weighted by Crippen LogP contribution is 2.32. The molecule has 1 aromatic carbocycles. The minimum absolute atomic E-state index is 0.0111. The molecule has 1 aliphatic rings. The standard InChI is InChI=1S/C15H21NO3/c1-15(16-2,14(17)18)10-19-13-9-5-7-11-6-3-4-8-12(11)13/h3-4,6,8,13,16H,5,7,9-10H2,1-2H3,(H,17,18). The van der Waals surface area contributed by atoms with Crippen LogP contribution in [-0.2, 0) is 16.0 Å². The van der Waals surface area contributed by atoms with Gasteiger partial charge in [-0.15, -0.1) is 0 Å². The second-order valence-corrected chi connectivity index (χ2v) is 5.28. The summed E-state index contributed by atoms with van der Waals surface area (Å²) in [7, 11) is 1.65. The van der Waals surface area contributed by atoms with Gasteiger partial charge in [0.15, 0.2) is 0 Å². The molecule has 2 rings (SSSR count). The van der Waals surface area contributed by atoms with Gasteiger partial charge in [-0.3, -0.25) is 4.79 Å². The van der Waals surface area contributed by atoms with E-state index >= 15 is 0 Å². The summed E-state index contributed by atoms with van der Waals surface area (Å²) >= 11 is 0. The van der Waals surface area contributed by atoms with Crippen LogP contribution < -0.4 is 5.32 Å². The molecular formula is C15H21NO3. The van der Waals surface area contributed by atoms with Gasteiger partial charge in [-0.2, -0.15) is 0 Å². The Bertz CT molecular complexity index is 460. The maximum atomic E-state index is 11.2. The van der Waals surface area contributed by atoms with Gasteiger partial charge in [-0.25, -0.2) is 0 Å². The number of fused-ring (bicyclic) bond motifs is 1. The average molecular weight is 263 g/mol. The van der Waals surface area contributed by atoms with Crippen molar-refractivity contribution in [1.82, 2.24) is 5.32 Å². The summed E-state index contributed by atoms with van der Waals surface area (Å²) in [5.41, 5.74) is 1.49. The summed E-state index contributed by atoms with van der Waals surface area (Å²) in [6, 6.07) is 8.25. The van der Waals surface area contributed by atoms with E-state index in [2.05, 4.69) is 17.4 Å². The summed E-state index contributed by atoms with van der Waals surface area (Å²) in [5, 5.41) is 12.0. The quantitative estimate of drug-likeness (QED) is 0.854. The first-order chi connectivity index (χ1) is 9.07. The molecule has 0 aromatic heterocycles. The van der Waals surface area contributed by atoms with Gasteiger partial charge < -0.3 is 15.2 Å². The van der Waals surface area contributed by atoms with Crippen LogP contribution in [0.25, 0.3) is 0 Å². The number of benzene rings is 1. The number of hydrogen-bond acceptors (Lipinski definition) is 3. The first-order valence-corrected chi connectivity index (χ1v) is 6.68. The van der Waals surface area contributed by atoms with Crippen LogP contribution in [0.2, 0.25) is 0 Å². The molecule has 0 spiro atoms. The fraction of sp³-hybridized carbons (Fsp3) is 0.533. The number of aryl methyl sites for hydroxylation is 1. The number of carboxylic acids is 1. The number of likely N-dealkylation sites (N-methyl/N-ethyl adjacent to an activating group) is 1. The Hall–Kier alpha value is -1.39. The van der Waals surface area contributed by atoms with E-state index in [9.17, 15) is 9.90 Å². The topological polar surface area (TPSA) is 58.6 Å². The summed E-state index contributed by atoms with van der Waals surface area (Å²) < 4.78 is 5.88. The van der Waals surface area contributed by atoms with Crippen LogP contribution in [-0.4, -0.2) is 30.3 Å². The predicted molar refractivity (Wildman–Crippen MR) is 73.2 cm³/mol. The molecule has 4 nitrogen and oxygen atoms in total. The van der Waals surface area contributed by atoms with Crippen LogP contribution >= 0.6 is 0 Å². The zero-order chi connectivity index (χ0) is 13.9. The minimum Gasteiger partial charge on any atom is -0.480 e. The molecule has 0 bridgehead atoms. The molecule has 0 fully saturated rings. The van der Waals surface area contributed by atoms with Gasteiger partial charge in [0, 0.05) is 0 Å². The van der Waals surface area contributed by atoms with E-state index in [1.807, 2.05) is 12.1 Å². The lowest BCUT2D eigenvalue weighted by Crippen LogP contribution is -2.51. The second-order valence-electron chi connectivity index (χ2n) is 5.28. The van der Waals surface area contributed by atoms with Gasteiger partial charge in [0.25, 0.3) is 0 Å². The molecule has 2 unspecified atom stereocenters. The van der Waals surface area contributed by atoms with Gasteiger partial charge in [0.1, 0.15) is 5.54 Å². The van der Waals surface area contributed by atoms with Gasteiger partial charge in [0.05, 0.1) is 12.7 Å². The van der Waals surface area contributed by atoms with Gasteiger partial charge in [0.2, 0.25) is 0 Å². The van der Waals surface area contributed by atoms with Crippen LogP contribution in [0.15, 0.2) is 24.3 Å². The summed E-state index contributed by atoms with van der Waals surface area (Å²) in [5.74, 6) is -0.890. The van der Waals surface area contributed by atoms with Crippen molar-refractivity contribution in [2.45, 2.75) is 37.8 Å². The monoisotopic (exact) mass is 263 g/mol. The lowest BCUT2D eigenvalue weighted by atomic mass is 9.89. The second kappa shape index (κ2) is 5.72. The van der Waals surface area contributed by atoms with Crippen molar-refractivity contribution in [3.8, 4) is 0 Å². The molecule has 19 heavy (non-hydrogen) atoms. The summed E-state index contributed by atoms with van der Waals surface area (Å²) in [6.45, 7) is 1.81. The fourth-order valence-corrected chi connectivity index (χ4v) is 2.39. The number of carbonyl (C=O) groups is 1. The van der Waals surface area contributed by atoms with E-state index in [1.165, 1.54) is 11.1 Å². The molecule has 0 saturated carbocycles. The third kappa shape index (κ3) is 2.96. The average Bonchev–Trinajstić information content (AvgIpc) is 2.44. The molecule has 0 saturated heterocycles. The van der Waals surface area contributed by atoms with Crippen LogP contribution in [0.3, 0.4) is 0 Å². The SMILES string of the molecule is CNC(C)(COC1CCCc2ccccc21)C(=O)O. The normalized spacial score (nSPS) is 21.5. The van der Waals surface area contributed by atoms with Crippen molar-refractivity contribution in [2.24, 2.45) is 0 Å². The van der Waals surface area contributed by atoms with Gasteiger partial charge in [-0.1, -0.05) is 24.3 Å². The van der Waals surface area contributed by atoms with E-state index < -0.39 is 11.5 Å². The Morgan fingerprint density at radius 2 is 2.26 bits per heavy atom. The molecule has 2 atom stereocenters. The van der Waals surface area contributed by atoms with E-state index in [0.29, 0.717) is 0 Å². The highest BCUT2D eigenvalue weighted by atomic mass is 16.5. The van der Waals surface area contributed by atoms with E-state index in [4.69, 9.17) is 4.74 Å². The number of rotatable bonds is 5. The van der Waals surface area contributed by atoms with Crippen molar-refractivity contribution >= 4 is 5.97 Å². The van der Waals surface area contributed by atoms with Crippen molar-refractivity contribution in [1.29, 1.82) is 0 Å². The molecular weight excluding hydrogens is 242 g/mol. The molecule has 2 N–H and O–H groups in total. The first-order valence-electron chi connectivity index (χ1n) is 6.68. The lowest BCUT2D eigenvalue weighted by Gasteiger charge is -2.30. The van der Waals surface area contributed by atoms with Gasteiger partial charge >= 0.3 is 5.97 Å². The van der Waals surface area contributed by atoms with Crippen molar-refractivity contribution in [3.05, 3.63) is 35.4 Å². The molecule has 0 aliphatic heterocycles. The molecule has 1 aliphatic carbocycles. The van der Waals surface area contributed by atoms with E-state index in [0.717, 1.165) is 19.3 Å². The third-order valence-electron chi connectivity index (χ3n) is 3.91. The lowest BCUT2D eigenvalue weighted by molar-refractivity contribution is -0.147. The molecule has 0 heterocycles. The molecule has 104 valence electrons. The maximum absolute atomic E-state index is 11.2. The fourth-order valence-electron chi connectivity index (χ4n) is 2.39. The zero-order valence-electron chi connectivity index (χ0n) is 11.5. The zero-order valence-corrected chi connectivity index (χ0v) is 11.5. The molecule has 0 amide bonds. The van der Waals surface area contributed by atoms with Crippen LogP contribution in [0.1, 0.15) is 37.0 Å². The highest BCUT2D eigenvalue weighted by Gasteiger charge is 2.33. The van der Waals surface area contributed by atoms with E-state index in [1.54, 1.807) is 14.0 Å². The predicted octanol–water partition coefficient (Wildman–Crippen LogP) is 2.14. The molecule has 0 radical (unpaired) electrons. The Labute approximate surface area is 113 Å². The highest BCUT2D eigenvalue weighted by molar-refractivity contribution is 5.78. The molecule has 4 heteroatoms. The Morgan fingerprint density at radius 3 is 2.95 bits per heavy atom. The molecule has 1 aromatic rings. The Kier molecular flexibility index (Phi) is 4.22. The van der Waals surface area contributed by atoms with Crippen LogP contribution in [0, 0.1) is 0 Å². The number of hydrogen-bond donors (Lipinski definition) is 2. The Morgan fingerprint density at radius 1 is 1.53 bits per heavy atom. The maximum Gasteiger partial charge on any atom is 0.326 e. The first kappa shape index (κ1) is 14.0. The smallest absolute Gasteiger partial charge is 0.326 e. The number of carboxylic acid groups (broad SMARTS) is 1. The van der Waals surface area contributed by atoms with Crippen LogP contribution in [0.5, 0.6) is 0 Å². The van der Waals surface area contributed by atoms with Crippen molar-refractivity contribution in [3.63, 3.8) is 0 Å². The van der Waals surface area contributed by atoms with Crippen molar-refractivity contribution < 1.29 is 14.6 Å². The largest absolute Gasteiger partial charge is 0.480 e. The summed E-state index contributed by atoms with van der Waals surface area (Å²) in [4.78, 5) is 11.2.